The first kappa shape index (κ1) is 14.2. The summed E-state index contributed by atoms with van der Waals surface area (Å²) in [6, 6.07) is 0. The molecule has 0 aliphatic rings. The van der Waals surface area contributed by atoms with E-state index >= 15 is 0 Å². The molecule has 0 aromatic rings. The third-order valence-corrected chi connectivity index (χ3v) is 4.01. The van der Waals surface area contributed by atoms with E-state index in [9.17, 15) is 0 Å². The molecule has 0 fully saturated rings. The standard InChI is InChI=1S/C13H25Br/c1-5-6-7-13(10-14)9-8-12(4)11(2)3/h5-6,11-13H,7-10H2,1-4H3/b6-5-/t12-,13+/m1/s1. The van der Waals surface area contributed by atoms with E-state index in [-0.39, 0.29) is 0 Å². The molecular formula is C13H25Br. The number of hydrogen-bond donors (Lipinski definition) is 0. The van der Waals surface area contributed by atoms with Crippen LogP contribution in [0.1, 0.15) is 47.0 Å². The number of alkyl halides is 1. The highest BCUT2D eigenvalue weighted by Crippen LogP contribution is 2.22. The molecule has 0 spiro atoms. The minimum Gasteiger partial charge on any atom is -0.0925 e. The van der Waals surface area contributed by atoms with Crippen molar-refractivity contribution < 1.29 is 0 Å². The maximum absolute atomic E-state index is 3.60. The van der Waals surface area contributed by atoms with Crippen LogP contribution < -0.4 is 0 Å². The Bertz CT molecular complexity index is 149. The Labute approximate surface area is 98.3 Å². The van der Waals surface area contributed by atoms with Crippen LogP contribution in [0.2, 0.25) is 0 Å². The molecule has 0 bridgehead atoms. The van der Waals surface area contributed by atoms with Gasteiger partial charge in [0.15, 0.2) is 0 Å². The van der Waals surface area contributed by atoms with Crippen molar-refractivity contribution >= 4 is 15.9 Å². The molecule has 0 aromatic heterocycles. The molecule has 0 rings (SSSR count). The Morgan fingerprint density at radius 1 is 1.14 bits per heavy atom. The third-order valence-electron chi connectivity index (χ3n) is 3.09. The Morgan fingerprint density at radius 3 is 2.21 bits per heavy atom. The van der Waals surface area contributed by atoms with Crippen LogP contribution in [-0.2, 0) is 0 Å². The van der Waals surface area contributed by atoms with Crippen LogP contribution in [-0.4, -0.2) is 5.33 Å². The van der Waals surface area contributed by atoms with Crippen molar-refractivity contribution in [3.63, 3.8) is 0 Å². The molecule has 0 saturated carbocycles. The van der Waals surface area contributed by atoms with Gasteiger partial charge in [0.05, 0.1) is 0 Å². The number of allylic oxidation sites excluding steroid dienone is 2. The van der Waals surface area contributed by atoms with E-state index in [4.69, 9.17) is 0 Å². The summed E-state index contributed by atoms with van der Waals surface area (Å²) < 4.78 is 0. The predicted octanol–water partition coefficient (Wildman–Crippen LogP) is 5.04. The highest BCUT2D eigenvalue weighted by Gasteiger charge is 2.11. The summed E-state index contributed by atoms with van der Waals surface area (Å²) >= 11 is 3.60. The van der Waals surface area contributed by atoms with Crippen molar-refractivity contribution in [1.82, 2.24) is 0 Å². The zero-order valence-electron chi connectivity index (χ0n) is 10.1. The summed E-state index contributed by atoms with van der Waals surface area (Å²) in [6.45, 7) is 9.10. The molecule has 0 nitrogen and oxygen atoms in total. The smallest absolute Gasteiger partial charge is 0.00626 e. The SMILES string of the molecule is C/C=C\C[C@H](CBr)CC[C@@H](C)C(C)C. The summed E-state index contributed by atoms with van der Waals surface area (Å²) in [4.78, 5) is 0. The van der Waals surface area contributed by atoms with Crippen LogP contribution in [0.15, 0.2) is 12.2 Å². The lowest BCUT2D eigenvalue weighted by atomic mass is 9.89. The lowest BCUT2D eigenvalue weighted by Crippen LogP contribution is -2.08. The highest BCUT2D eigenvalue weighted by molar-refractivity contribution is 9.09. The Balaban J connectivity index is 3.71. The van der Waals surface area contributed by atoms with E-state index in [0.717, 1.165) is 23.1 Å². The van der Waals surface area contributed by atoms with Crippen LogP contribution in [0.5, 0.6) is 0 Å². The first-order valence-electron chi connectivity index (χ1n) is 5.78. The van der Waals surface area contributed by atoms with Crippen LogP contribution in [0, 0.1) is 17.8 Å². The van der Waals surface area contributed by atoms with Gasteiger partial charge in [-0.1, -0.05) is 55.3 Å². The minimum absolute atomic E-state index is 0.826. The van der Waals surface area contributed by atoms with Gasteiger partial charge in [-0.2, -0.15) is 0 Å². The molecular weight excluding hydrogens is 236 g/mol. The molecule has 0 unspecified atom stereocenters. The zero-order chi connectivity index (χ0) is 11.0. The van der Waals surface area contributed by atoms with Gasteiger partial charge in [0.25, 0.3) is 0 Å². The minimum atomic E-state index is 0.826. The summed E-state index contributed by atoms with van der Waals surface area (Å²) in [6.07, 6.45) is 8.39. The van der Waals surface area contributed by atoms with Gasteiger partial charge in [-0.05, 0) is 37.5 Å². The topological polar surface area (TPSA) is 0 Å². The lowest BCUT2D eigenvalue weighted by Gasteiger charge is -2.18. The second-order valence-electron chi connectivity index (χ2n) is 4.62. The molecule has 84 valence electrons. The first-order chi connectivity index (χ1) is 6.61. The fourth-order valence-electron chi connectivity index (χ4n) is 1.42. The van der Waals surface area contributed by atoms with Crippen LogP contribution >= 0.6 is 15.9 Å². The molecule has 2 atom stereocenters. The first-order valence-corrected chi connectivity index (χ1v) is 6.91. The quantitative estimate of drug-likeness (QED) is 0.445. The van der Waals surface area contributed by atoms with Gasteiger partial charge in [0, 0.05) is 5.33 Å². The van der Waals surface area contributed by atoms with Gasteiger partial charge in [-0.25, -0.2) is 0 Å². The summed E-state index contributed by atoms with van der Waals surface area (Å²) in [7, 11) is 0. The van der Waals surface area contributed by atoms with Crippen molar-refractivity contribution in [3.8, 4) is 0 Å². The molecule has 0 radical (unpaired) electrons. The monoisotopic (exact) mass is 260 g/mol. The molecule has 0 saturated heterocycles. The fraction of sp³-hybridized carbons (Fsp3) is 0.846. The highest BCUT2D eigenvalue weighted by atomic mass is 79.9. The molecule has 0 aliphatic carbocycles. The second kappa shape index (κ2) is 8.52. The zero-order valence-corrected chi connectivity index (χ0v) is 11.7. The normalized spacial score (nSPS) is 16.4. The Kier molecular flexibility index (Phi) is 8.66. The third kappa shape index (κ3) is 6.64. The molecule has 14 heavy (non-hydrogen) atoms. The van der Waals surface area contributed by atoms with Gasteiger partial charge in [-0.15, -0.1) is 0 Å². The molecule has 1 heteroatoms. The number of halogens is 1. The van der Waals surface area contributed by atoms with Gasteiger partial charge in [0.1, 0.15) is 0 Å². The van der Waals surface area contributed by atoms with E-state index in [1.165, 1.54) is 19.3 Å². The van der Waals surface area contributed by atoms with Gasteiger partial charge in [-0.3, -0.25) is 0 Å². The van der Waals surface area contributed by atoms with E-state index in [1.807, 2.05) is 0 Å². The summed E-state index contributed by atoms with van der Waals surface area (Å²) in [5, 5.41) is 1.14. The van der Waals surface area contributed by atoms with Gasteiger partial charge in [0.2, 0.25) is 0 Å². The average molecular weight is 261 g/mol. The lowest BCUT2D eigenvalue weighted by molar-refractivity contribution is 0.354. The fourth-order valence-corrected chi connectivity index (χ4v) is 2.01. The van der Waals surface area contributed by atoms with Crippen LogP contribution in [0.3, 0.4) is 0 Å². The average Bonchev–Trinajstić information content (AvgIpc) is 2.17. The van der Waals surface area contributed by atoms with Crippen molar-refractivity contribution in [2.24, 2.45) is 17.8 Å². The van der Waals surface area contributed by atoms with E-state index < -0.39 is 0 Å². The van der Waals surface area contributed by atoms with Crippen molar-refractivity contribution in [1.29, 1.82) is 0 Å². The van der Waals surface area contributed by atoms with Crippen molar-refractivity contribution in [2.45, 2.75) is 47.0 Å². The van der Waals surface area contributed by atoms with E-state index in [0.29, 0.717) is 0 Å². The van der Waals surface area contributed by atoms with Crippen LogP contribution in [0.25, 0.3) is 0 Å². The molecule has 0 N–H and O–H groups in total. The largest absolute Gasteiger partial charge is 0.0925 e. The van der Waals surface area contributed by atoms with Gasteiger partial charge >= 0.3 is 0 Å². The molecule has 0 amide bonds. The van der Waals surface area contributed by atoms with Crippen molar-refractivity contribution in [2.75, 3.05) is 5.33 Å². The maximum atomic E-state index is 3.60. The number of hydrogen-bond acceptors (Lipinski definition) is 0. The summed E-state index contributed by atoms with van der Waals surface area (Å²) in [5.74, 6) is 2.52. The molecule has 0 heterocycles. The predicted molar refractivity (Wildman–Crippen MR) is 70.0 cm³/mol. The Morgan fingerprint density at radius 2 is 1.79 bits per heavy atom. The second-order valence-corrected chi connectivity index (χ2v) is 5.27. The van der Waals surface area contributed by atoms with E-state index in [2.05, 4.69) is 55.8 Å². The maximum Gasteiger partial charge on any atom is 0.00626 e. The molecule has 0 aromatic carbocycles. The van der Waals surface area contributed by atoms with Crippen molar-refractivity contribution in [3.05, 3.63) is 12.2 Å². The Hall–Kier alpha value is 0.220. The number of rotatable bonds is 7. The molecule has 0 aliphatic heterocycles. The van der Waals surface area contributed by atoms with Crippen LogP contribution in [0.4, 0.5) is 0 Å². The van der Waals surface area contributed by atoms with Gasteiger partial charge < -0.3 is 0 Å². The van der Waals surface area contributed by atoms with E-state index in [1.54, 1.807) is 0 Å². The summed E-state index contributed by atoms with van der Waals surface area (Å²) in [5.41, 5.74) is 0.